The van der Waals surface area contributed by atoms with Gasteiger partial charge in [0.2, 0.25) is 17.7 Å². The van der Waals surface area contributed by atoms with E-state index < -0.39 is 0 Å². The molecule has 1 aliphatic rings. The smallest absolute Gasteiger partial charge is 0.244 e. The molecular weight excluding hydrogens is 435 g/mol. The molecule has 0 saturated heterocycles. The second kappa shape index (κ2) is 7.93. The standard InChI is InChI=1S/C25H27FN6O2/c1-13-8-14(2)27-21-19(13)9-16(10-20(21)26)18-6-7-32-22(18)23(34-5)29-24(31-32)28-17-11-25(4,12-17)30-15(3)33/h6-10,17H,11-12H2,1-5H3,(H,28,31)(H,30,33). The van der Waals surface area contributed by atoms with Crippen LogP contribution >= 0.6 is 0 Å². The Bertz CT molecular complexity index is 1440. The number of methoxy groups -OCH3 is 1. The molecule has 9 heteroatoms. The van der Waals surface area contributed by atoms with Crippen molar-refractivity contribution in [2.75, 3.05) is 12.4 Å². The first-order chi connectivity index (χ1) is 16.2. The van der Waals surface area contributed by atoms with Crippen LogP contribution in [0.25, 0.3) is 27.5 Å². The van der Waals surface area contributed by atoms with E-state index in [0.29, 0.717) is 28.4 Å². The first-order valence-electron chi connectivity index (χ1n) is 11.2. The van der Waals surface area contributed by atoms with E-state index in [1.807, 2.05) is 45.2 Å². The summed E-state index contributed by atoms with van der Waals surface area (Å²) in [6.45, 7) is 7.37. The zero-order valence-electron chi connectivity index (χ0n) is 19.9. The maximum atomic E-state index is 15.0. The van der Waals surface area contributed by atoms with Gasteiger partial charge in [-0.05, 0) is 69.0 Å². The summed E-state index contributed by atoms with van der Waals surface area (Å²) in [5.74, 6) is 0.415. The number of carbonyl (C=O) groups is 1. The van der Waals surface area contributed by atoms with E-state index in [9.17, 15) is 4.79 Å². The predicted molar refractivity (Wildman–Crippen MR) is 129 cm³/mol. The summed E-state index contributed by atoms with van der Waals surface area (Å²) in [7, 11) is 1.55. The number of halogens is 1. The molecule has 176 valence electrons. The molecule has 2 N–H and O–H groups in total. The van der Waals surface area contributed by atoms with Gasteiger partial charge in [0.05, 0.1) is 7.11 Å². The Morgan fingerprint density at radius 2 is 2.00 bits per heavy atom. The molecule has 0 bridgehead atoms. The lowest BCUT2D eigenvalue weighted by molar-refractivity contribution is -0.121. The Morgan fingerprint density at radius 1 is 1.24 bits per heavy atom. The van der Waals surface area contributed by atoms with Crippen molar-refractivity contribution in [1.29, 1.82) is 0 Å². The molecule has 3 heterocycles. The van der Waals surface area contributed by atoms with Gasteiger partial charge in [0.1, 0.15) is 16.9 Å². The van der Waals surface area contributed by atoms with Crippen LogP contribution in [0.5, 0.6) is 5.88 Å². The minimum atomic E-state index is -0.371. The van der Waals surface area contributed by atoms with Crippen LogP contribution in [-0.4, -0.2) is 44.2 Å². The summed E-state index contributed by atoms with van der Waals surface area (Å²) in [6, 6.07) is 7.40. The summed E-state index contributed by atoms with van der Waals surface area (Å²) in [5.41, 5.74) is 4.02. The molecule has 1 saturated carbocycles. The molecule has 0 unspecified atom stereocenters. The van der Waals surface area contributed by atoms with E-state index >= 15 is 4.39 Å². The van der Waals surface area contributed by atoms with Gasteiger partial charge in [-0.25, -0.2) is 8.91 Å². The van der Waals surface area contributed by atoms with Gasteiger partial charge in [-0.15, -0.1) is 5.10 Å². The Balaban J connectivity index is 1.50. The highest BCUT2D eigenvalue weighted by molar-refractivity contribution is 5.92. The van der Waals surface area contributed by atoms with Gasteiger partial charge in [0.25, 0.3) is 0 Å². The zero-order valence-corrected chi connectivity index (χ0v) is 19.9. The summed E-state index contributed by atoms with van der Waals surface area (Å²) in [5, 5.41) is 11.7. The van der Waals surface area contributed by atoms with Crippen molar-refractivity contribution in [2.45, 2.75) is 52.1 Å². The monoisotopic (exact) mass is 462 g/mol. The number of anilines is 1. The van der Waals surface area contributed by atoms with E-state index in [2.05, 4.69) is 25.7 Å². The molecule has 1 fully saturated rings. The van der Waals surface area contributed by atoms with Crippen LogP contribution in [0.2, 0.25) is 0 Å². The molecule has 34 heavy (non-hydrogen) atoms. The summed E-state index contributed by atoms with van der Waals surface area (Å²) in [4.78, 5) is 20.3. The van der Waals surface area contributed by atoms with E-state index in [-0.39, 0.29) is 23.3 Å². The quantitative estimate of drug-likeness (QED) is 0.462. The molecule has 1 aliphatic carbocycles. The first kappa shape index (κ1) is 22.1. The maximum absolute atomic E-state index is 15.0. The summed E-state index contributed by atoms with van der Waals surface area (Å²) in [6.07, 6.45) is 3.36. The number of nitrogens with one attached hydrogen (secondary N) is 2. The SMILES string of the molecule is COc1nc(NC2CC(C)(NC(C)=O)C2)nn2ccc(-c3cc(F)c4nc(C)cc(C)c4c3)c12. The third-order valence-corrected chi connectivity index (χ3v) is 6.39. The van der Waals surface area contributed by atoms with Gasteiger partial charge in [-0.3, -0.25) is 9.78 Å². The second-order valence-electron chi connectivity index (χ2n) is 9.39. The number of benzene rings is 1. The van der Waals surface area contributed by atoms with Gasteiger partial charge >= 0.3 is 0 Å². The van der Waals surface area contributed by atoms with Crippen molar-refractivity contribution >= 4 is 28.3 Å². The van der Waals surface area contributed by atoms with Crippen LogP contribution < -0.4 is 15.4 Å². The number of ether oxygens (including phenoxy) is 1. The number of hydrogen-bond donors (Lipinski definition) is 2. The van der Waals surface area contributed by atoms with Crippen molar-refractivity contribution in [3.63, 3.8) is 0 Å². The lowest BCUT2D eigenvalue weighted by Crippen LogP contribution is -2.59. The Labute approximate surface area is 196 Å². The molecule has 4 aromatic rings. The minimum absolute atomic E-state index is 0.0357. The number of aromatic nitrogens is 4. The van der Waals surface area contributed by atoms with Gasteiger partial charge in [-0.1, -0.05) is 0 Å². The summed E-state index contributed by atoms with van der Waals surface area (Å²) < 4.78 is 22.3. The van der Waals surface area contributed by atoms with Gasteiger partial charge in [-0.2, -0.15) is 4.98 Å². The Hall–Kier alpha value is -3.75. The number of carbonyl (C=O) groups excluding carboxylic acids is 1. The fourth-order valence-electron chi connectivity index (χ4n) is 5.04. The highest BCUT2D eigenvalue weighted by atomic mass is 19.1. The number of hydrogen-bond acceptors (Lipinski definition) is 6. The van der Waals surface area contributed by atoms with Crippen molar-refractivity contribution in [1.82, 2.24) is 24.9 Å². The lowest BCUT2D eigenvalue weighted by atomic mass is 9.74. The molecule has 5 rings (SSSR count). The average molecular weight is 463 g/mol. The van der Waals surface area contributed by atoms with Crippen LogP contribution in [-0.2, 0) is 4.79 Å². The largest absolute Gasteiger partial charge is 0.479 e. The molecule has 0 aliphatic heterocycles. The van der Waals surface area contributed by atoms with E-state index in [4.69, 9.17) is 4.74 Å². The highest BCUT2D eigenvalue weighted by Gasteiger charge is 2.41. The van der Waals surface area contributed by atoms with Crippen molar-refractivity contribution in [3.05, 3.63) is 47.5 Å². The highest BCUT2D eigenvalue weighted by Crippen LogP contribution is 2.36. The number of rotatable bonds is 5. The van der Waals surface area contributed by atoms with Gasteiger partial charge in [0, 0.05) is 41.3 Å². The maximum Gasteiger partial charge on any atom is 0.244 e. The molecule has 0 atom stereocenters. The molecule has 0 spiro atoms. The molecular formula is C25H27FN6O2. The van der Waals surface area contributed by atoms with Gasteiger partial charge < -0.3 is 15.4 Å². The predicted octanol–water partition coefficient (Wildman–Crippen LogP) is 4.18. The van der Waals surface area contributed by atoms with Crippen LogP contribution in [0, 0.1) is 19.7 Å². The molecule has 1 amide bonds. The van der Waals surface area contributed by atoms with Crippen LogP contribution in [0.15, 0.2) is 30.5 Å². The molecule has 1 aromatic carbocycles. The fourth-order valence-corrected chi connectivity index (χ4v) is 5.04. The number of nitrogens with zero attached hydrogens (tertiary/aromatic N) is 4. The third-order valence-electron chi connectivity index (χ3n) is 6.39. The van der Waals surface area contributed by atoms with Crippen molar-refractivity contribution in [2.24, 2.45) is 0 Å². The third kappa shape index (κ3) is 3.81. The zero-order chi connectivity index (χ0) is 24.2. The summed E-state index contributed by atoms with van der Waals surface area (Å²) >= 11 is 0. The van der Waals surface area contributed by atoms with Crippen LogP contribution in [0.4, 0.5) is 10.3 Å². The molecule has 0 radical (unpaired) electrons. The van der Waals surface area contributed by atoms with E-state index in [1.54, 1.807) is 11.6 Å². The van der Waals surface area contributed by atoms with E-state index in [0.717, 1.165) is 35.0 Å². The Kier molecular flexibility index (Phi) is 5.15. The average Bonchev–Trinajstić information content (AvgIpc) is 3.16. The number of pyridine rings is 1. The molecule has 8 nitrogen and oxygen atoms in total. The lowest BCUT2D eigenvalue weighted by Gasteiger charge is -2.45. The fraction of sp³-hybridized carbons (Fsp3) is 0.360. The van der Waals surface area contributed by atoms with Crippen molar-refractivity contribution in [3.8, 4) is 17.0 Å². The second-order valence-corrected chi connectivity index (χ2v) is 9.39. The van der Waals surface area contributed by atoms with Gasteiger partial charge in [0.15, 0.2) is 0 Å². The van der Waals surface area contributed by atoms with Crippen LogP contribution in [0.1, 0.15) is 37.9 Å². The number of aryl methyl sites for hydroxylation is 2. The number of fused-ring (bicyclic) bond motifs is 2. The minimum Gasteiger partial charge on any atom is -0.479 e. The topological polar surface area (TPSA) is 93.4 Å². The van der Waals surface area contributed by atoms with Crippen molar-refractivity contribution < 1.29 is 13.9 Å². The number of amides is 1. The first-order valence-corrected chi connectivity index (χ1v) is 11.2. The van der Waals surface area contributed by atoms with Crippen LogP contribution in [0.3, 0.4) is 0 Å². The Morgan fingerprint density at radius 3 is 2.71 bits per heavy atom. The van der Waals surface area contributed by atoms with E-state index in [1.165, 1.54) is 13.0 Å². The molecule has 3 aromatic heterocycles. The normalized spacial score (nSPS) is 19.8.